The number of hydrogen-bond acceptors (Lipinski definition) is 4. The number of carbonyl (C=O) groups excluding carboxylic acids is 2. The lowest BCUT2D eigenvalue weighted by atomic mass is 9.91. The fourth-order valence-electron chi connectivity index (χ4n) is 4.34. The lowest BCUT2D eigenvalue weighted by Gasteiger charge is -2.44. The van der Waals surface area contributed by atoms with Crippen LogP contribution in [-0.4, -0.2) is 49.1 Å². The first-order chi connectivity index (χ1) is 13.4. The van der Waals surface area contributed by atoms with Crippen molar-refractivity contribution in [1.82, 2.24) is 9.21 Å². The second-order valence-corrected chi connectivity index (χ2v) is 9.33. The summed E-state index contributed by atoms with van der Waals surface area (Å²) in [6.07, 6.45) is 0.957. The van der Waals surface area contributed by atoms with E-state index in [4.69, 9.17) is 0 Å². The molecule has 8 heteroatoms. The van der Waals surface area contributed by atoms with Crippen molar-refractivity contribution in [2.45, 2.75) is 23.8 Å². The van der Waals surface area contributed by atoms with Crippen molar-refractivity contribution < 1.29 is 18.0 Å². The number of hydrogen-bond donors (Lipinski definition) is 1. The molecule has 0 spiro atoms. The van der Waals surface area contributed by atoms with Gasteiger partial charge in [0.25, 0.3) is 0 Å². The zero-order chi connectivity index (χ0) is 19.5. The van der Waals surface area contributed by atoms with Crippen LogP contribution in [0.2, 0.25) is 0 Å². The number of rotatable bonds is 2. The van der Waals surface area contributed by atoms with Crippen LogP contribution in [0, 0.1) is 0 Å². The summed E-state index contributed by atoms with van der Waals surface area (Å²) >= 11 is 0. The van der Waals surface area contributed by atoms with Gasteiger partial charge in [-0.15, -0.1) is 0 Å². The molecule has 7 nitrogen and oxygen atoms in total. The van der Waals surface area contributed by atoms with Crippen LogP contribution in [0.5, 0.6) is 0 Å². The van der Waals surface area contributed by atoms with E-state index in [-0.39, 0.29) is 42.3 Å². The van der Waals surface area contributed by atoms with Gasteiger partial charge in [0.05, 0.1) is 23.9 Å². The van der Waals surface area contributed by atoms with Crippen LogP contribution in [0.3, 0.4) is 0 Å². The normalized spacial score (nSPS) is 21.7. The minimum Gasteiger partial charge on any atom is -0.333 e. The minimum absolute atomic E-state index is 0.119. The van der Waals surface area contributed by atoms with Crippen molar-refractivity contribution in [1.29, 1.82) is 0 Å². The Balaban J connectivity index is 1.50. The molecule has 1 N–H and O–H groups in total. The van der Waals surface area contributed by atoms with Crippen LogP contribution in [0.25, 0.3) is 0 Å². The molecule has 3 heterocycles. The Bertz CT molecular complexity index is 1110. The number of nitrogens with one attached hydrogen (secondary N) is 1. The zero-order valence-electron chi connectivity index (χ0n) is 15.1. The van der Waals surface area contributed by atoms with E-state index in [9.17, 15) is 18.0 Å². The molecule has 0 radical (unpaired) electrons. The highest BCUT2D eigenvalue weighted by Gasteiger charge is 2.41. The van der Waals surface area contributed by atoms with Gasteiger partial charge in [-0.1, -0.05) is 24.3 Å². The molecule has 2 aromatic rings. The third-order valence-electron chi connectivity index (χ3n) is 5.76. The Hall–Kier alpha value is -2.71. The Labute approximate surface area is 163 Å². The smallest absolute Gasteiger partial charge is 0.243 e. The highest BCUT2D eigenvalue weighted by Crippen LogP contribution is 2.35. The van der Waals surface area contributed by atoms with E-state index >= 15 is 0 Å². The quantitative estimate of drug-likeness (QED) is 0.828. The molecule has 2 aromatic carbocycles. The fraction of sp³-hybridized carbons (Fsp3) is 0.300. The van der Waals surface area contributed by atoms with E-state index in [0.717, 1.165) is 17.5 Å². The molecule has 3 aliphatic heterocycles. The van der Waals surface area contributed by atoms with Crippen LogP contribution < -0.4 is 5.32 Å². The maximum atomic E-state index is 13.3. The summed E-state index contributed by atoms with van der Waals surface area (Å²) in [5, 5.41) is 2.70. The molecular weight excluding hydrogens is 378 g/mol. The zero-order valence-corrected chi connectivity index (χ0v) is 15.9. The van der Waals surface area contributed by atoms with Crippen LogP contribution >= 0.6 is 0 Å². The Morgan fingerprint density at radius 2 is 1.86 bits per heavy atom. The van der Waals surface area contributed by atoms with Crippen LogP contribution in [0.15, 0.2) is 47.4 Å². The minimum atomic E-state index is -3.84. The summed E-state index contributed by atoms with van der Waals surface area (Å²) in [5.41, 5.74) is 3.49. The van der Waals surface area contributed by atoms with Gasteiger partial charge in [0.1, 0.15) is 0 Å². The molecule has 5 rings (SSSR count). The summed E-state index contributed by atoms with van der Waals surface area (Å²) in [5.74, 6) is -0.320. The number of anilines is 1. The highest BCUT2D eigenvalue weighted by atomic mass is 32.2. The second-order valence-electron chi connectivity index (χ2n) is 7.39. The van der Waals surface area contributed by atoms with Gasteiger partial charge in [0.15, 0.2) is 0 Å². The number of nitrogens with zero attached hydrogens (tertiary/aromatic N) is 2. The van der Waals surface area contributed by atoms with E-state index in [1.54, 1.807) is 11.0 Å². The van der Waals surface area contributed by atoms with Crippen LogP contribution in [0.4, 0.5) is 5.69 Å². The molecule has 1 atom stereocenters. The van der Waals surface area contributed by atoms with Crippen LogP contribution in [-0.2, 0) is 32.5 Å². The van der Waals surface area contributed by atoms with E-state index in [1.165, 1.54) is 16.4 Å². The van der Waals surface area contributed by atoms with Crippen molar-refractivity contribution in [3.05, 3.63) is 59.2 Å². The van der Waals surface area contributed by atoms with E-state index < -0.39 is 10.0 Å². The lowest BCUT2D eigenvalue weighted by Crippen LogP contribution is -2.55. The van der Waals surface area contributed by atoms with Gasteiger partial charge in [0.2, 0.25) is 21.8 Å². The molecular formula is C20H19N3O4S. The van der Waals surface area contributed by atoms with E-state index in [1.807, 2.05) is 24.3 Å². The first-order valence-electron chi connectivity index (χ1n) is 9.24. The van der Waals surface area contributed by atoms with Gasteiger partial charge >= 0.3 is 0 Å². The van der Waals surface area contributed by atoms with Crippen molar-refractivity contribution in [3.8, 4) is 0 Å². The molecule has 2 amide bonds. The summed E-state index contributed by atoms with van der Waals surface area (Å²) in [4.78, 5) is 26.2. The fourth-order valence-corrected chi connectivity index (χ4v) is 5.79. The molecule has 1 fully saturated rings. The molecule has 144 valence electrons. The first kappa shape index (κ1) is 17.4. The summed E-state index contributed by atoms with van der Waals surface area (Å²) in [6, 6.07) is 12.3. The predicted octanol–water partition coefficient (Wildman–Crippen LogP) is 1.31. The maximum absolute atomic E-state index is 13.3. The largest absolute Gasteiger partial charge is 0.333 e. The summed E-state index contributed by atoms with van der Waals surface area (Å²) < 4.78 is 27.8. The Kier molecular flexibility index (Phi) is 3.82. The van der Waals surface area contributed by atoms with Gasteiger partial charge in [-0.25, -0.2) is 8.42 Å². The maximum Gasteiger partial charge on any atom is 0.243 e. The van der Waals surface area contributed by atoms with E-state index in [2.05, 4.69) is 5.32 Å². The average Bonchev–Trinajstić information content (AvgIpc) is 3.07. The Morgan fingerprint density at radius 3 is 2.71 bits per heavy atom. The van der Waals surface area contributed by atoms with Gasteiger partial charge in [-0.2, -0.15) is 4.31 Å². The Morgan fingerprint density at radius 1 is 1.04 bits per heavy atom. The highest BCUT2D eigenvalue weighted by molar-refractivity contribution is 7.89. The standard InChI is InChI=1S/C20H19N3O4S/c24-19-10-14-9-15(5-6-17(14)21-19)28(26,27)22-11-18-16-4-2-1-3-13(16)7-8-23(18)20(25)12-22/h1-6,9,18H,7-8,10-12H2,(H,21,24)/t18-/m1/s1. The van der Waals surface area contributed by atoms with Gasteiger partial charge < -0.3 is 10.2 Å². The molecule has 28 heavy (non-hydrogen) atoms. The topological polar surface area (TPSA) is 86.8 Å². The number of piperazine rings is 1. The first-order valence-corrected chi connectivity index (χ1v) is 10.7. The molecule has 3 aliphatic rings. The van der Waals surface area contributed by atoms with Crippen molar-refractivity contribution >= 4 is 27.5 Å². The number of carbonyl (C=O) groups is 2. The lowest BCUT2D eigenvalue weighted by molar-refractivity contribution is -0.138. The van der Waals surface area contributed by atoms with E-state index in [0.29, 0.717) is 17.8 Å². The van der Waals surface area contributed by atoms with Gasteiger partial charge in [0, 0.05) is 18.8 Å². The predicted molar refractivity (Wildman–Crippen MR) is 102 cm³/mol. The molecule has 0 bridgehead atoms. The number of benzene rings is 2. The monoisotopic (exact) mass is 397 g/mol. The van der Waals surface area contributed by atoms with Crippen molar-refractivity contribution in [2.24, 2.45) is 0 Å². The average molecular weight is 397 g/mol. The second kappa shape index (κ2) is 6.15. The molecule has 1 saturated heterocycles. The molecule has 0 saturated carbocycles. The third kappa shape index (κ3) is 2.63. The van der Waals surface area contributed by atoms with Gasteiger partial charge in [-0.05, 0) is 41.3 Å². The van der Waals surface area contributed by atoms with Crippen LogP contribution in [0.1, 0.15) is 22.7 Å². The van der Waals surface area contributed by atoms with Crippen molar-refractivity contribution in [2.75, 3.05) is 25.0 Å². The molecule has 0 unspecified atom stereocenters. The number of fused-ring (bicyclic) bond motifs is 4. The number of sulfonamides is 1. The third-order valence-corrected chi connectivity index (χ3v) is 7.57. The summed E-state index contributed by atoms with van der Waals surface area (Å²) in [6.45, 7) is 0.690. The molecule has 0 aliphatic carbocycles. The summed E-state index contributed by atoms with van der Waals surface area (Å²) in [7, 11) is -3.84. The van der Waals surface area contributed by atoms with Crippen molar-refractivity contribution in [3.63, 3.8) is 0 Å². The molecule has 0 aromatic heterocycles. The van der Waals surface area contributed by atoms with Gasteiger partial charge in [-0.3, -0.25) is 9.59 Å². The number of amides is 2. The SMILES string of the molecule is O=C1Cc2cc(S(=O)(=O)N3CC(=O)N4CCc5ccccc5[C@H]4C3)ccc2N1.